The minimum absolute atomic E-state index is 0.252. The smallest absolute Gasteiger partial charge is 0.220 e. The summed E-state index contributed by atoms with van der Waals surface area (Å²) in [7, 11) is 0. The van der Waals surface area contributed by atoms with Crippen molar-refractivity contribution in [2.75, 3.05) is 6.54 Å². The first-order chi connectivity index (χ1) is 8.74. The van der Waals surface area contributed by atoms with E-state index in [4.69, 9.17) is 0 Å². The summed E-state index contributed by atoms with van der Waals surface area (Å²) in [4.78, 5) is 11.8. The highest BCUT2D eigenvalue weighted by Gasteiger charge is 2.19. The molecule has 2 atom stereocenters. The molecule has 2 rings (SSSR count). The van der Waals surface area contributed by atoms with E-state index in [-0.39, 0.29) is 5.91 Å². The molecule has 1 amide bonds. The average Bonchev–Trinajstić information content (AvgIpc) is 2.87. The van der Waals surface area contributed by atoms with Crippen molar-refractivity contribution in [3.63, 3.8) is 0 Å². The van der Waals surface area contributed by atoms with Crippen LogP contribution in [0.25, 0.3) is 0 Å². The Bertz CT molecular complexity index is 261. The summed E-state index contributed by atoms with van der Waals surface area (Å²) in [6.07, 6.45) is 11.0. The van der Waals surface area contributed by atoms with Gasteiger partial charge in [-0.15, -0.1) is 0 Å². The summed E-state index contributed by atoms with van der Waals surface area (Å²) >= 11 is 0. The molecule has 2 fully saturated rings. The predicted octanol–water partition coefficient (Wildman–Crippen LogP) is 2.60. The third-order valence-corrected chi connectivity index (χ3v) is 4.51. The van der Waals surface area contributed by atoms with Crippen molar-refractivity contribution in [3.8, 4) is 0 Å². The van der Waals surface area contributed by atoms with Gasteiger partial charge in [-0.05, 0) is 32.1 Å². The second-order valence-electron chi connectivity index (χ2n) is 6.19. The van der Waals surface area contributed by atoms with Crippen molar-refractivity contribution < 1.29 is 4.79 Å². The van der Waals surface area contributed by atoms with E-state index in [1.54, 1.807) is 0 Å². The molecule has 0 bridgehead atoms. The fourth-order valence-corrected chi connectivity index (χ4v) is 3.36. The van der Waals surface area contributed by atoms with Crippen LogP contribution in [0.15, 0.2) is 0 Å². The largest absolute Gasteiger partial charge is 0.355 e. The highest BCUT2D eigenvalue weighted by Crippen LogP contribution is 2.28. The Kier molecular flexibility index (Phi) is 5.48. The van der Waals surface area contributed by atoms with Gasteiger partial charge < -0.3 is 10.6 Å². The molecule has 104 valence electrons. The molecule has 2 N–H and O–H groups in total. The van der Waals surface area contributed by atoms with E-state index in [9.17, 15) is 4.79 Å². The third-order valence-electron chi connectivity index (χ3n) is 4.51. The number of carbonyl (C=O) groups excluding carboxylic acids is 1. The second-order valence-corrected chi connectivity index (χ2v) is 6.19. The van der Waals surface area contributed by atoms with E-state index < -0.39 is 0 Å². The van der Waals surface area contributed by atoms with E-state index >= 15 is 0 Å². The number of amides is 1. The van der Waals surface area contributed by atoms with Crippen LogP contribution < -0.4 is 10.6 Å². The summed E-state index contributed by atoms with van der Waals surface area (Å²) in [5.74, 6) is 1.07. The molecule has 1 saturated heterocycles. The normalized spacial score (nSPS) is 29.4. The van der Waals surface area contributed by atoms with Gasteiger partial charge in [0.25, 0.3) is 0 Å². The minimum atomic E-state index is 0.252. The van der Waals surface area contributed by atoms with Crippen molar-refractivity contribution in [1.82, 2.24) is 10.6 Å². The maximum Gasteiger partial charge on any atom is 0.220 e. The first-order valence-corrected chi connectivity index (χ1v) is 7.77. The molecule has 0 aromatic heterocycles. The summed E-state index contributed by atoms with van der Waals surface area (Å²) in [6.45, 7) is 3.04. The van der Waals surface area contributed by atoms with Gasteiger partial charge in [0, 0.05) is 25.0 Å². The van der Waals surface area contributed by atoms with E-state index in [0.29, 0.717) is 12.1 Å². The van der Waals surface area contributed by atoms with Crippen LogP contribution in [0.3, 0.4) is 0 Å². The number of nitrogens with one attached hydrogen (secondary N) is 2. The lowest BCUT2D eigenvalue weighted by Gasteiger charge is -2.28. The zero-order chi connectivity index (χ0) is 12.8. The van der Waals surface area contributed by atoms with Crippen LogP contribution in [-0.4, -0.2) is 24.5 Å². The van der Waals surface area contributed by atoms with Crippen molar-refractivity contribution in [2.45, 2.75) is 76.8 Å². The van der Waals surface area contributed by atoms with Crippen LogP contribution in [0.5, 0.6) is 0 Å². The Balaban J connectivity index is 1.56. The molecule has 18 heavy (non-hydrogen) atoms. The van der Waals surface area contributed by atoms with Crippen LogP contribution >= 0.6 is 0 Å². The molecule has 1 aliphatic heterocycles. The number of carbonyl (C=O) groups is 1. The fraction of sp³-hybridized carbons (Fsp3) is 0.933. The molecule has 2 aliphatic rings. The van der Waals surface area contributed by atoms with Crippen LogP contribution in [0.1, 0.15) is 64.7 Å². The highest BCUT2D eigenvalue weighted by molar-refractivity contribution is 5.75. The molecule has 3 nitrogen and oxygen atoms in total. The molecule has 1 heterocycles. The summed E-state index contributed by atoms with van der Waals surface area (Å²) in [5.41, 5.74) is 0. The molecule has 3 heteroatoms. The Labute approximate surface area is 111 Å². The van der Waals surface area contributed by atoms with Crippen molar-refractivity contribution in [2.24, 2.45) is 5.92 Å². The minimum Gasteiger partial charge on any atom is -0.355 e. The molecule has 1 aliphatic carbocycles. The van der Waals surface area contributed by atoms with Gasteiger partial charge in [-0.1, -0.05) is 32.1 Å². The lowest BCUT2D eigenvalue weighted by atomic mass is 9.99. The van der Waals surface area contributed by atoms with Crippen molar-refractivity contribution in [3.05, 3.63) is 0 Å². The number of hydrogen-bond acceptors (Lipinski definition) is 2. The summed E-state index contributed by atoms with van der Waals surface area (Å²) in [6, 6.07) is 1.10. The lowest BCUT2D eigenvalue weighted by Crippen LogP contribution is -2.47. The first-order valence-electron chi connectivity index (χ1n) is 7.77. The third kappa shape index (κ3) is 4.60. The van der Waals surface area contributed by atoms with Gasteiger partial charge in [-0.25, -0.2) is 0 Å². The molecular formula is C15H28N2O. The fourth-order valence-electron chi connectivity index (χ4n) is 3.36. The SMILES string of the molecule is CC1CCCC(CNC(=O)CCC2CCCC2)N1. The van der Waals surface area contributed by atoms with Gasteiger partial charge in [0.2, 0.25) is 5.91 Å². The Hall–Kier alpha value is -0.570. The number of piperidine rings is 1. The van der Waals surface area contributed by atoms with Gasteiger partial charge >= 0.3 is 0 Å². The lowest BCUT2D eigenvalue weighted by molar-refractivity contribution is -0.121. The van der Waals surface area contributed by atoms with Gasteiger partial charge in [0.1, 0.15) is 0 Å². The molecule has 0 aromatic carbocycles. The highest BCUT2D eigenvalue weighted by atomic mass is 16.1. The predicted molar refractivity (Wildman–Crippen MR) is 74.4 cm³/mol. The molecule has 0 aromatic rings. The van der Waals surface area contributed by atoms with E-state index in [2.05, 4.69) is 17.6 Å². The maximum atomic E-state index is 11.8. The van der Waals surface area contributed by atoms with Crippen LogP contribution in [0.2, 0.25) is 0 Å². The Morgan fingerprint density at radius 2 is 1.94 bits per heavy atom. The zero-order valence-electron chi connectivity index (χ0n) is 11.7. The van der Waals surface area contributed by atoms with Crippen LogP contribution in [0.4, 0.5) is 0 Å². The second kappa shape index (κ2) is 7.13. The topological polar surface area (TPSA) is 41.1 Å². The quantitative estimate of drug-likeness (QED) is 0.789. The van der Waals surface area contributed by atoms with Crippen molar-refractivity contribution >= 4 is 5.91 Å². The number of hydrogen-bond donors (Lipinski definition) is 2. The molecule has 1 saturated carbocycles. The molecular weight excluding hydrogens is 224 g/mol. The van der Waals surface area contributed by atoms with Crippen LogP contribution in [-0.2, 0) is 4.79 Å². The summed E-state index contributed by atoms with van der Waals surface area (Å²) < 4.78 is 0. The van der Waals surface area contributed by atoms with E-state index in [1.807, 2.05) is 0 Å². The summed E-state index contributed by atoms with van der Waals surface area (Å²) in [5, 5.41) is 6.65. The first kappa shape index (κ1) is 13.9. The zero-order valence-corrected chi connectivity index (χ0v) is 11.7. The van der Waals surface area contributed by atoms with Crippen molar-refractivity contribution in [1.29, 1.82) is 0 Å². The van der Waals surface area contributed by atoms with Gasteiger partial charge in [-0.3, -0.25) is 4.79 Å². The van der Waals surface area contributed by atoms with Gasteiger partial charge in [0.05, 0.1) is 0 Å². The maximum absolute atomic E-state index is 11.8. The van der Waals surface area contributed by atoms with E-state index in [1.165, 1.54) is 44.9 Å². The monoisotopic (exact) mass is 252 g/mol. The standard InChI is InChI=1S/C15H28N2O/c1-12-5-4-8-14(17-12)11-16-15(18)10-9-13-6-2-3-7-13/h12-14,17H,2-11H2,1H3,(H,16,18). The molecule has 0 radical (unpaired) electrons. The molecule has 2 unspecified atom stereocenters. The van der Waals surface area contributed by atoms with Crippen LogP contribution in [0, 0.1) is 5.92 Å². The van der Waals surface area contributed by atoms with Gasteiger partial charge in [-0.2, -0.15) is 0 Å². The Morgan fingerprint density at radius 1 is 1.17 bits per heavy atom. The van der Waals surface area contributed by atoms with E-state index in [0.717, 1.165) is 25.3 Å². The molecule has 0 spiro atoms. The number of rotatable bonds is 5. The van der Waals surface area contributed by atoms with Gasteiger partial charge in [0.15, 0.2) is 0 Å². The average molecular weight is 252 g/mol. The Morgan fingerprint density at radius 3 is 2.67 bits per heavy atom.